The Balaban J connectivity index is 1.32. The summed E-state index contributed by atoms with van der Waals surface area (Å²) in [6.07, 6.45) is 8.11. The molecule has 1 saturated carbocycles. The van der Waals surface area contributed by atoms with Crippen molar-refractivity contribution in [1.82, 2.24) is 4.90 Å². The summed E-state index contributed by atoms with van der Waals surface area (Å²) >= 11 is 7.63. The molecule has 3 N–H and O–H groups in total. The molecular formula is C39H48ClNO4S. The Bertz CT molecular complexity index is 1590. The topological polar surface area (TPSA) is 81.0 Å². The van der Waals surface area contributed by atoms with Crippen molar-refractivity contribution in [3.8, 4) is 0 Å². The van der Waals surface area contributed by atoms with Crippen LogP contribution in [-0.4, -0.2) is 57.3 Å². The van der Waals surface area contributed by atoms with E-state index in [1.54, 1.807) is 0 Å². The van der Waals surface area contributed by atoms with E-state index in [-0.39, 0.29) is 11.7 Å². The molecule has 46 heavy (non-hydrogen) atoms. The van der Waals surface area contributed by atoms with E-state index in [9.17, 15) is 20.1 Å². The van der Waals surface area contributed by atoms with Crippen molar-refractivity contribution in [2.24, 2.45) is 5.41 Å². The van der Waals surface area contributed by atoms with Gasteiger partial charge in [-0.3, -0.25) is 4.79 Å². The van der Waals surface area contributed by atoms with Crippen LogP contribution >= 0.6 is 22.9 Å². The predicted octanol–water partition coefficient (Wildman–Crippen LogP) is 7.96. The van der Waals surface area contributed by atoms with Gasteiger partial charge in [0.05, 0.1) is 22.2 Å². The lowest BCUT2D eigenvalue weighted by molar-refractivity contribution is -0.101. The first kappa shape index (κ1) is 33.6. The summed E-state index contributed by atoms with van der Waals surface area (Å²) in [4.78, 5) is 18.3. The van der Waals surface area contributed by atoms with E-state index in [0.29, 0.717) is 62.3 Å². The molecule has 0 amide bonds. The number of aryl methyl sites for hydroxylation is 1. The molecule has 1 aromatic heterocycles. The molecule has 3 aliphatic carbocycles. The van der Waals surface area contributed by atoms with Gasteiger partial charge in [-0.25, -0.2) is 0 Å². The number of carbonyl (C=O) groups is 1. The first-order chi connectivity index (χ1) is 21.9. The van der Waals surface area contributed by atoms with Crippen LogP contribution in [0.2, 0.25) is 5.02 Å². The lowest BCUT2D eigenvalue weighted by Crippen LogP contribution is -2.55. The van der Waals surface area contributed by atoms with Crippen LogP contribution in [0.1, 0.15) is 108 Å². The summed E-state index contributed by atoms with van der Waals surface area (Å²) < 4.78 is 0. The maximum Gasteiger partial charge on any atom is 0.203 e. The van der Waals surface area contributed by atoms with Crippen molar-refractivity contribution in [3.05, 3.63) is 103 Å². The Morgan fingerprint density at radius 1 is 0.978 bits per heavy atom. The molecule has 3 aromatic rings. The number of aliphatic hydroxyl groups excluding tert-OH is 1. The molecule has 1 saturated heterocycles. The van der Waals surface area contributed by atoms with Crippen LogP contribution < -0.4 is 0 Å². The third kappa shape index (κ3) is 6.67. The Kier molecular flexibility index (Phi) is 9.70. The Hall–Kier alpha value is -2.32. The zero-order valence-electron chi connectivity index (χ0n) is 27.4. The molecule has 0 spiro atoms. The predicted molar refractivity (Wildman–Crippen MR) is 187 cm³/mol. The Morgan fingerprint density at radius 2 is 1.72 bits per heavy atom. The molecule has 4 atom stereocenters. The van der Waals surface area contributed by atoms with E-state index in [1.165, 1.54) is 16.9 Å². The summed E-state index contributed by atoms with van der Waals surface area (Å²) in [5.74, 6) is 0.0338. The zero-order valence-corrected chi connectivity index (χ0v) is 29.0. The number of rotatable bonds is 5. The average Bonchev–Trinajstić information content (AvgIpc) is 3.57. The highest BCUT2D eigenvalue weighted by atomic mass is 35.5. The highest BCUT2D eigenvalue weighted by molar-refractivity contribution is 7.14. The lowest BCUT2D eigenvalue weighted by atomic mass is 9.64. The van der Waals surface area contributed by atoms with E-state index in [0.717, 1.165) is 52.1 Å². The number of aliphatic hydroxyl groups is 3. The highest BCUT2D eigenvalue weighted by Crippen LogP contribution is 2.59. The molecule has 2 aromatic carbocycles. The van der Waals surface area contributed by atoms with Gasteiger partial charge in [0.15, 0.2) is 0 Å². The highest BCUT2D eigenvalue weighted by Gasteiger charge is 2.57. The minimum Gasteiger partial charge on any atom is -0.393 e. The average molecular weight is 662 g/mol. The quantitative estimate of drug-likeness (QED) is 0.191. The number of carbonyl (C=O) groups excluding carboxylic acids is 1. The van der Waals surface area contributed by atoms with Crippen molar-refractivity contribution < 1.29 is 20.1 Å². The van der Waals surface area contributed by atoms with Gasteiger partial charge in [-0.1, -0.05) is 54.4 Å². The normalized spacial score (nSPS) is 28.8. The number of ketones is 1. The summed E-state index contributed by atoms with van der Waals surface area (Å²) in [5.41, 5.74) is 2.54. The molecule has 5 nitrogen and oxygen atoms in total. The Labute approximate surface area is 282 Å². The first-order valence-corrected chi connectivity index (χ1v) is 18.1. The van der Waals surface area contributed by atoms with Crippen molar-refractivity contribution in [3.63, 3.8) is 0 Å². The minimum atomic E-state index is -0.957. The van der Waals surface area contributed by atoms with Crippen LogP contribution in [0, 0.1) is 12.3 Å². The monoisotopic (exact) mass is 661 g/mol. The van der Waals surface area contributed by atoms with Crippen LogP contribution in [0.3, 0.4) is 0 Å². The number of hydrogen-bond acceptors (Lipinski definition) is 6. The number of nitrogens with zero attached hydrogens (tertiary/aromatic N) is 1. The number of piperidine rings is 1. The van der Waals surface area contributed by atoms with Gasteiger partial charge in [0, 0.05) is 40.5 Å². The molecule has 2 bridgehead atoms. The second kappa shape index (κ2) is 13.3. The fourth-order valence-corrected chi connectivity index (χ4v) is 9.33. The molecule has 1 aliphatic heterocycles. The number of thiophene rings is 1. The third-order valence-corrected chi connectivity index (χ3v) is 12.7. The summed E-state index contributed by atoms with van der Waals surface area (Å²) in [6.45, 7) is 8.34. The van der Waals surface area contributed by atoms with Gasteiger partial charge in [-0.05, 0) is 125 Å². The van der Waals surface area contributed by atoms with E-state index < -0.39 is 22.7 Å². The number of β-amino-alcohol motifs (C(OH)–C–C–N with tert-alkyl or cyclic N) is 1. The van der Waals surface area contributed by atoms with Gasteiger partial charge in [0.1, 0.15) is 0 Å². The van der Waals surface area contributed by atoms with Crippen LogP contribution in [0.15, 0.2) is 66.2 Å². The van der Waals surface area contributed by atoms with Gasteiger partial charge in [-0.15, -0.1) is 11.3 Å². The van der Waals surface area contributed by atoms with E-state index in [2.05, 4.69) is 37.0 Å². The number of halogens is 1. The number of benzene rings is 2. The van der Waals surface area contributed by atoms with Crippen molar-refractivity contribution in [1.29, 1.82) is 0 Å². The number of allylic oxidation sites excluding steroid dienone is 2. The lowest BCUT2D eigenvalue weighted by Gasteiger charge is -2.48. The number of likely N-dealkylation sites (tertiary alicyclic amines) is 1. The number of hydrogen-bond donors (Lipinski definition) is 3. The van der Waals surface area contributed by atoms with Crippen molar-refractivity contribution >= 4 is 28.7 Å². The molecule has 2 heterocycles. The van der Waals surface area contributed by atoms with Crippen LogP contribution in [0.4, 0.5) is 0 Å². The summed E-state index contributed by atoms with van der Waals surface area (Å²) in [6, 6.07) is 17.6. The van der Waals surface area contributed by atoms with Gasteiger partial charge in [0.25, 0.3) is 0 Å². The minimum absolute atomic E-state index is 0.00363. The fourth-order valence-electron chi connectivity index (χ4n) is 8.39. The Morgan fingerprint density at radius 3 is 2.41 bits per heavy atom. The fraction of sp³-hybridized carbons (Fsp3) is 0.513. The van der Waals surface area contributed by atoms with Gasteiger partial charge < -0.3 is 20.2 Å². The molecular weight excluding hydrogens is 614 g/mol. The molecule has 4 unspecified atom stereocenters. The summed E-state index contributed by atoms with van der Waals surface area (Å²) in [5, 5.41) is 35.8. The standard InChI is InChI=1S/C39H48ClNO4S/c1-26-5-4-17-37(3)34(16-18-39(37,45)25-41-21-19-38(44,20-22-41)29-9-11-30(40)12-10-29)32-14-8-28(23-31(42)13-6-26)24-33(32)36(43)35-15-7-27(2)46-35/h5,7-12,14-15,24,31,34,42,44-45H,4,6,13,16-23,25H2,1-3H3. The van der Waals surface area contributed by atoms with E-state index in [1.807, 2.05) is 49.4 Å². The second-order valence-electron chi connectivity index (χ2n) is 14.5. The van der Waals surface area contributed by atoms with Crippen LogP contribution in [-0.2, 0) is 12.0 Å². The van der Waals surface area contributed by atoms with E-state index >= 15 is 0 Å². The molecule has 0 radical (unpaired) electrons. The molecule has 7 heteroatoms. The maximum absolute atomic E-state index is 14.1. The molecule has 4 aliphatic rings. The van der Waals surface area contributed by atoms with Crippen molar-refractivity contribution in [2.45, 2.75) is 102 Å². The smallest absolute Gasteiger partial charge is 0.203 e. The van der Waals surface area contributed by atoms with Crippen molar-refractivity contribution in [2.75, 3.05) is 19.6 Å². The largest absolute Gasteiger partial charge is 0.393 e. The first-order valence-electron chi connectivity index (χ1n) is 16.9. The maximum atomic E-state index is 14.1. The summed E-state index contributed by atoms with van der Waals surface area (Å²) in [7, 11) is 0. The van der Waals surface area contributed by atoms with Crippen LogP contribution in [0.25, 0.3) is 0 Å². The third-order valence-electron chi connectivity index (χ3n) is 11.4. The van der Waals surface area contributed by atoms with Gasteiger partial charge >= 0.3 is 0 Å². The molecule has 7 rings (SSSR count). The second-order valence-corrected chi connectivity index (χ2v) is 16.2. The van der Waals surface area contributed by atoms with E-state index in [4.69, 9.17) is 11.6 Å². The van der Waals surface area contributed by atoms with Gasteiger partial charge in [0.2, 0.25) is 5.78 Å². The zero-order chi connectivity index (χ0) is 32.7. The van der Waals surface area contributed by atoms with Crippen LogP contribution in [0.5, 0.6) is 0 Å². The number of fused-ring (bicyclic) bond motifs is 8. The molecule has 246 valence electrons. The molecule has 2 fully saturated rings. The van der Waals surface area contributed by atoms with Gasteiger partial charge in [-0.2, -0.15) is 0 Å². The SMILES string of the molecule is CC1=CCCC2(C)C(CCC2(O)CN2CCC(O)(c3ccc(Cl)cc3)CC2)c2ccc(cc2C(=O)c2ccc(C)s2)CC(O)CC1.